The van der Waals surface area contributed by atoms with Crippen molar-refractivity contribution in [2.45, 2.75) is 71.8 Å². The smallest absolute Gasteiger partial charge is 0.00954 e. The minimum absolute atomic E-state index is 0.815. The summed E-state index contributed by atoms with van der Waals surface area (Å²) in [5.74, 6) is 1.84. The van der Waals surface area contributed by atoms with Gasteiger partial charge in [0.2, 0.25) is 0 Å². The lowest BCUT2D eigenvalue weighted by Gasteiger charge is -2.25. The van der Waals surface area contributed by atoms with Crippen LogP contribution in [0.5, 0.6) is 0 Å². The molecule has 1 fully saturated rings. The molecule has 1 unspecified atom stereocenters. The molecule has 1 aliphatic carbocycles. The molecule has 0 radical (unpaired) electrons. The van der Waals surface area contributed by atoms with Gasteiger partial charge in [-0.3, -0.25) is 0 Å². The second kappa shape index (κ2) is 7.27. The molecule has 0 aromatic carbocycles. The molecule has 0 spiro atoms. The van der Waals surface area contributed by atoms with Gasteiger partial charge in [-0.25, -0.2) is 0 Å². The van der Waals surface area contributed by atoms with Crippen LogP contribution in [-0.2, 0) is 0 Å². The Hall–Kier alpha value is -0.0400. The van der Waals surface area contributed by atoms with E-state index in [9.17, 15) is 0 Å². The Kier molecular flexibility index (Phi) is 6.31. The van der Waals surface area contributed by atoms with E-state index in [1.807, 2.05) is 0 Å². The van der Waals surface area contributed by atoms with Crippen LogP contribution < -0.4 is 5.32 Å². The van der Waals surface area contributed by atoms with Crippen molar-refractivity contribution < 1.29 is 0 Å². The normalized spacial score (nSPS) is 20.0. The molecule has 0 aliphatic heterocycles. The molecule has 0 bridgehead atoms. The van der Waals surface area contributed by atoms with E-state index >= 15 is 0 Å². The predicted octanol–water partition coefficient (Wildman–Crippen LogP) is 3.98. The van der Waals surface area contributed by atoms with E-state index in [0.717, 1.165) is 17.9 Å². The van der Waals surface area contributed by atoms with Gasteiger partial charge in [0.25, 0.3) is 0 Å². The van der Waals surface area contributed by atoms with Crippen molar-refractivity contribution in [1.82, 2.24) is 5.32 Å². The van der Waals surface area contributed by atoms with Gasteiger partial charge in [0.1, 0.15) is 0 Å². The predicted molar refractivity (Wildman–Crippen MR) is 68.1 cm³/mol. The lowest BCUT2D eigenvalue weighted by molar-refractivity contribution is 0.320. The van der Waals surface area contributed by atoms with E-state index in [2.05, 4.69) is 26.1 Å². The van der Waals surface area contributed by atoms with Gasteiger partial charge in [0, 0.05) is 6.04 Å². The van der Waals surface area contributed by atoms with Gasteiger partial charge >= 0.3 is 0 Å². The SMILES string of the molecule is CCCNC(CCC(C)C)C1CCCC1. The first kappa shape index (κ1) is 13.0. The zero-order chi connectivity index (χ0) is 11.1. The van der Waals surface area contributed by atoms with Crippen molar-refractivity contribution in [1.29, 1.82) is 0 Å². The van der Waals surface area contributed by atoms with Gasteiger partial charge in [0.05, 0.1) is 0 Å². The molecule has 0 amide bonds. The molecule has 1 heteroatoms. The summed E-state index contributed by atoms with van der Waals surface area (Å²) in [4.78, 5) is 0. The average Bonchev–Trinajstić information content (AvgIpc) is 2.71. The second-order valence-corrected chi connectivity index (χ2v) is 5.58. The van der Waals surface area contributed by atoms with Crippen LogP contribution in [0, 0.1) is 11.8 Å². The van der Waals surface area contributed by atoms with Crippen molar-refractivity contribution in [3.63, 3.8) is 0 Å². The van der Waals surface area contributed by atoms with Crippen molar-refractivity contribution in [3.8, 4) is 0 Å². The summed E-state index contributed by atoms with van der Waals surface area (Å²) >= 11 is 0. The first-order valence-electron chi connectivity index (χ1n) is 6.97. The Morgan fingerprint density at radius 3 is 2.33 bits per heavy atom. The summed E-state index contributed by atoms with van der Waals surface area (Å²) in [5, 5.41) is 3.77. The van der Waals surface area contributed by atoms with Crippen LogP contribution in [0.1, 0.15) is 65.7 Å². The Labute approximate surface area is 96.0 Å². The molecule has 1 saturated carbocycles. The van der Waals surface area contributed by atoms with Crippen LogP contribution in [0.2, 0.25) is 0 Å². The van der Waals surface area contributed by atoms with Crippen LogP contribution in [0.15, 0.2) is 0 Å². The summed E-state index contributed by atoms with van der Waals surface area (Å²) in [6, 6.07) is 0.815. The second-order valence-electron chi connectivity index (χ2n) is 5.58. The topological polar surface area (TPSA) is 12.0 Å². The molecular weight excluding hydrogens is 182 g/mol. The summed E-state index contributed by atoms with van der Waals surface area (Å²) in [7, 11) is 0. The van der Waals surface area contributed by atoms with Crippen molar-refractivity contribution in [3.05, 3.63) is 0 Å². The third-order valence-corrected chi connectivity index (χ3v) is 3.68. The maximum Gasteiger partial charge on any atom is 0.00954 e. The Morgan fingerprint density at radius 2 is 1.80 bits per heavy atom. The van der Waals surface area contributed by atoms with Crippen LogP contribution in [0.4, 0.5) is 0 Å². The fourth-order valence-electron chi connectivity index (χ4n) is 2.71. The van der Waals surface area contributed by atoms with Gasteiger partial charge in [-0.1, -0.05) is 33.6 Å². The highest BCUT2D eigenvalue weighted by Gasteiger charge is 2.24. The minimum Gasteiger partial charge on any atom is -0.314 e. The number of rotatable bonds is 7. The monoisotopic (exact) mass is 211 g/mol. The lowest BCUT2D eigenvalue weighted by Crippen LogP contribution is -2.35. The summed E-state index contributed by atoms with van der Waals surface area (Å²) in [5.41, 5.74) is 0. The molecule has 0 saturated heterocycles. The first-order chi connectivity index (χ1) is 7.24. The van der Waals surface area contributed by atoms with Gasteiger partial charge in [0.15, 0.2) is 0 Å². The van der Waals surface area contributed by atoms with Crippen molar-refractivity contribution in [2.75, 3.05) is 6.54 Å². The van der Waals surface area contributed by atoms with E-state index < -0.39 is 0 Å². The van der Waals surface area contributed by atoms with Crippen LogP contribution in [-0.4, -0.2) is 12.6 Å². The van der Waals surface area contributed by atoms with Crippen molar-refractivity contribution >= 4 is 0 Å². The molecule has 1 aliphatic rings. The van der Waals surface area contributed by atoms with Crippen molar-refractivity contribution in [2.24, 2.45) is 11.8 Å². The highest BCUT2D eigenvalue weighted by atomic mass is 14.9. The van der Waals surface area contributed by atoms with Gasteiger partial charge in [-0.15, -0.1) is 0 Å². The highest BCUT2D eigenvalue weighted by molar-refractivity contribution is 4.80. The van der Waals surface area contributed by atoms with Gasteiger partial charge < -0.3 is 5.32 Å². The molecule has 90 valence electrons. The van der Waals surface area contributed by atoms with Gasteiger partial charge in [-0.2, -0.15) is 0 Å². The van der Waals surface area contributed by atoms with E-state index in [1.54, 1.807) is 0 Å². The fourth-order valence-corrected chi connectivity index (χ4v) is 2.71. The zero-order valence-electron chi connectivity index (χ0n) is 10.9. The van der Waals surface area contributed by atoms with E-state index in [4.69, 9.17) is 0 Å². The molecule has 1 nitrogen and oxygen atoms in total. The molecule has 15 heavy (non-hydrogen) atoms. The third kappa shape index (κ3) is 5.01. The molecule has 0 heterocycles. The highest BCUT2D eigenvalue weighted by Crippen LogP contribution is 2.30. The molecular formula is C14H29N. The molecule has 0 aromatic rings. The standard InChI is InChI=1S/C14H29N/c1-4-11-15-14(10-9-12(2)3)13-7-5-6-8-13/h12-15H,4-11H2,1-3H3. The maximum absolute atomic E-state index is 3.77. The van der Waals surface area contributed by atoms with E-state index in [-0.39, 0.29) is 0 Å². The fraction of sp³-hybridized carbons (Fsp3) is 1.00. The molecule has 1 rings (SSSR count). The number of nitrogens with one attached hydrogen (secondary N) is 1. The third-order valence-electron chi connectivity index (χ3n) is 3.68. The largest absolute Gasteiger partial charge is 0.314 e. The number of hydrogen-bond donors (Lipinski definition) is 1. The Morgan fingerprint density at radius 1 is 1.13 bits per heavy atom. The summed E-state index contributed by atoms with van der Waals surface area (Å²) in [6.07, 6.45) is 9.93. The minimum atomic E-state index is 0.815. The zero-order valence-corrected chi connectivity index (χ0v) is 10.9. The average molecular weight is 211 g/mol. The summed E-state index contributed by atoms with van der Waals surface area (Å²) in [6.45, 7) is 8.15. The van der Waals surface area contributed by atoms with Crippen LogP contribution in [0.3, 0.4) is 0 Å². The summed E-state index contributed by atoms with van der Waals surface area (Å²) < 4.78 is 0. The van der Waals surface area contributed by atoms with E-state index in [1.165, 1.54) is 51.5 Å². The molecule has 1 atom stereocenters. The van der Waals surface area contributed by atoms with Crippen LogP contribution >= 0.6 is 0 Å². The van der Waals surface area contributed by atoms with E-state index in [0.29, 0.717) is 0 Å². The van der Waals surface area contributed by atoms with Crippen LogP contribution in [0.25, 0.3) is 0 Å². The Bertz CT molecular complexity index is 147. The van der Waals surface area contributed by atoms with Gasteiger partial charge in [-0.05, 0) is 50.5 Å². The molecule has 1 N–H and O–H groups in total. The quantitative estimate of drug-likeness (QED) is 0.671. The maximum atomic E-state index is 3.77. The lowest BCUT2D eigenvalue weighted by atomic mass is 9.91. The molecule has 0 aromatic heterocycles. The first-order valence-corrected chi connectivity index (χ1v) is 6.97. The number of hydrogen-bond acceptors (Lipinski definition) is 1. The Balaban J connectivity index is 2.30.